The highest BCUT2D eigenvalue weighted by Crippen LogP contribution is 2.50. The number of nitro groups is 1. The first-order chi connectivity index (χ1) is 11.2. The maximum absolute atomic E-state index is 11.9. The first-order valence-electron chi connectivity index (χ1n) is 6.49. The second kappa shape index (κ2) is 6.90. The second-order valence-corrected chi connectivity index (χ2v) is 6.37. The zero-order valence-electron chi connectivity index (χ0n) is 12.0. The van der Waals surface area contributed by atoms with Crippen molar-refractivity contribution >= 4 is 19.3 Å². The minimum Gasteiger partial charge on any atom is -0.416 e. The molecular weight excluding hydrogens is 341 g/mol. The van der Waals surface area contributed by atoms with Crippen molar-refractivity contribution in [2.75, 3.05) is 0 Å². The summed E-state index contributed by atoms with van der Waals surface area (Å²) in [5.74, 6) is -3.45. The molecule has 0 aliphatic carbocycles. The molecule has 0 aliphatic rings. The molecule has 0 amide bonds. The molecule has 3 N–H and O–H groups in total. The van der Waals surface area contributed by atoms with Crippen LogP contribution in [0.1, 0.15) is 21.8 Å². The van der Waals surface area contributed by atoms with E-state index in [9.17, 15) is 24.6 Å². The van der Waals surface area contributed by atoms with Crippen LogP contribution in [-0.2, 0) is 4.57 Å². The fourth-order valence-corrected chi connectivity index (χ4v) is 2.40. The van der Waals surface area contributed by atoms with Crippen molar-refractivity contribution in [3.8, 4) is 5.75 Å². The standard InChI is InChI=1S/C14H12NO8P/c16-13(9-4-2-1-3-5-9)23-12-7-6-10(8-11(12)15(18)19)14(17)24(20,21)22/h1-8,14,17H,(H2,20,21,22). The molecule has 1 unspecified atom stereocenters. The Morgan fingerprint density at radius 2 is 1.79 bits per heavy atom. The molecule has 9 nitrogen and oxygen atoms in total. The van der Waals surface area contributed by atoms with Crippen LogP contribution < -0.4 is 4.74 Å². The third-order valence-electron chi connectivity index (χ3n) is 3.01. The highest BCUT2D eigenvalue weighted by atomic mass is 31.2. The topological polar surface area (TPSA) is 147 Å². The van der Waals surface area contributed by atoms with Gasteiger partial charge in [0.1, 0.15) is 0 Å². The Labute approximate surface area is 135 Å². The molecule has 0 aliphatic heterocycles. The Bertz CT molecular complexity index is 817. The number of carbonyl (C=O) groups is 1. The number of rotatable bonds is 5. The van der Waals surface area contributed by atoms with E-state index >= 15 is 0 Å². The molecule has 0 fully saturated rings. The summed E-state index contributed by atoms with van der Waals surface area (Å²) >= 11 is 0. The van der Waals surface area contributed by atoms with E-state index in [1.807, 2.05) is 0 Å². The number of aliphatic hydroxyl groups is 1. The summed E-state index contributed by atoms with van der Waals surface area (Å²) in [6, 6.07) is 10.5. The fraction of sp³-hybridized carbons (Fsp3) is 0.0714. The van der Waals surface area contributed by atoms with E-state index in [2.05, 4.69) is 0 Å². The van der Waals surface area contributed by atoms with Gasteiger partial charge in [-0.1, -0.05) is 24.3 Å². The predicted octanol–water partition coefficient (Wildman–Crippen LogP) is 1.98. The van der Waals surface area contributed by atoms with Crippen molar-refractivity contribution in [1.29, 1.82) is 0 Å². The maximum Gasteiger partial charge on any atom is 0.358 e. The summed E-state index contributed by atoms with van der Waals surface area (Å²) < 4.78 is 16.0. The average molecular weight is 353 g/mol. The van der Waals surface area contributed by atoms with Crippen LogP contribution in [0.25, 0.3) is 0 Å². The molecule has 0 saturated heterocycles. The molecule has 2 rings (SSSR count). The van der Waals surface area contributed by atoms with Crippen LogP contribution in [0, 0.1) is 10.1 Å². The van der Waals surface area contributed by atoms with Gasteiger partial charge in [0.2, 0.25) is 5.75 Å². The van der Waals surface area contributed by atoms with Crippen molar-refractivity contribution in [3.05, 3.63) is 69.8 Å². The molecule has 0 spiro atoms. The molecular formula is C14H12NO8P. The summed E-state index contributed by atoms with van der Waals surface area (Å²) in [6.45, 7) is 0. The van der Waals surface area contributed by atoms with Crippen LogP contribution in [-0.4, -0.2) is 25.8 Å². The lowest BCUT2D eigenvalue weighted by Gasteiger charge is -2.13. The molecule has 0 aromatic heterocycles. The number of esters is 1. The van der Waals surface area contributed by atoms with Crippen molar-refractivity contribution in [3.63, 3.8) is 0 Å². The first-order valence-corrected chi connectivity index (χ1v) is 8.17. The average Bonchev–Trinajstić information content (AvgIpc) is 2.54. The van der Waals surface area contributed by atoms with E-state index in [0.717, 1.165) is 18.2 Å². The molecule has 0 heterocycles. The van der Waals surface area contributed by atoms with E-state index < -0.39 is 35.8 Å². The molecule has 10 heteroatoms. The number of ether oxygens (including phenoxy) is 1. The fourth-order valence-electron chi connectivity index (χ4n) is 1.85. The van der Waals surface area contributed by atoms with Gasteiger partial charge in [-0.05, 0) is 23.8 Å². The van der Waals surface area contributed by atoms with Crippen LogP contribution in [0.2, 0.25) is 0 Å². The van der Waals surface area contributed by atoms with Gasteiger partial charge < -0.3 is 19.6 Å². The van der Waals surface area contributed by atoms with E-state index in [1.54, 1.807) is 18.2 Å². The number of benzene rings is 2. The second-order valence-electron chi connectivity index (χ2n) is 4.70. The monoisotopic (exact) mass is 353 g/mol. The largest absolute Gasteiger partial charge is 0.416 e. The summed E-state index contributed by atoms with van der Waals surface area (Å²) in [7, 11) is -4.89. The number of carbonyl (C=O) groups excluding carboxylic acids is 1. The van der Waals surface area contributed by atoms with Crippen molar-refractivity contribution in [2.45, 2.75) is 5.85 Å². The normalized spacial score (nSPS) is 12.5. The van der Waals surface area contributed by atoms with Gasteiger partial charge in [-0.15, -0.1) is 0 Å². The lowest BCUT2D eigenvalue weighted by atomic mass is 10.2. The lowest BCUT2D eigenvalue weighted by Crippen LogP contribution is -2.10. The Hall–Kier alpha value is -2.58. The molecule has 0 bridgehead atoms. The first kappa shape index (κ1) is 17.8. The van der Waals surface area contributed by atoms with Gasteiger partial charge in [0.25, 0.3) is 0 Å². The van der Waals surface area contributed by atoms with Gasteiger partial charge in [0, 0.05) is 6.07 Å². The van der Waals surface area contributed by atoms with Crippen molar-refractivity contribution in [2.24, 2.45) is 0 Å². The highest BCUT2D eigenvalue weighted by Gasteiger charge is 2.30. The number of hydrogen-bond acceptors (Lipinski definition) is 6. The summed E-state index contributed by atoms with van der Waals surface area (Å²) in [6.07, 6.45) is 0. The molecule has 24 heavy (non-hydrogen) atoms. The highest BCUT2D eigenvalue weighted by molar-refractivity contribution is 7.51. The van der Waals surface area contributed by atoms with Crippen LogP contribution in [0.4, 0.5) is 5.69 Å². The maximum atomic E-state index is 11.9. The number of hydrogen-bond donors (Lipinski definition) is 3. The van der Waals surface area contributed by atoms with Gasteiger partial charge in [-0.3, -0.25) is 14.7 Å². The van der Waals surface area contributed by atoms with Crippen LogP contribution in [0.5, 0.6) is 5.75 Å². The quantitative estimate of drug-likeness (QED) is 0.243. The molecule has 0 saturated carbocycles. The number of aliphatic hydroxyl groups excluding tert-OH is 1. The predicted molar refractivity (Wildman–Crippen MR) is 81.5 cm³/mol. The molecule has 2 aromatic rings. The van der Waals surface area contributed by atoms with Crippen molar-refractivity contribution in [1.82, 2.24) is 0 Å². The molecule has 126 valence electrons. The lowest BCUT2D eigenvalue weighted by molar-refractivity contribution is -0.385. The Kier molecular flexibility index (Phi) is 5.10. The minimum absolute atomic E-state index is 0.172. The molecule has 1 atom stereocenters. The summed E-state index contributed by atoms with van der Waals surface area (Å²) in [4.78, 5) is 40.0. The smallest absolute Gasteiger partial charge is 0.358 e. The Morgan fingerprint density at radius 1 is 1.17 bits per heavy atom. The minimum atomic E-state index is -4.89. The van der Waals surface area contributed by atoms with Crippen LogP contribution >= 0.6 is 7.60 Å². The van der Waals surface area contributed by atoms with Gasteiger partial charge in [0.15, 0.2) is 5.85 Å². The van der Waals surface area contributed by atoms with E-state index in [1.165, 1.54) is 12.1 Å². The van der Waals surface area contributed by atoms with E-state index in [0.29, 0.717) is 0 Å². The SMILES string of the molecule is O=C(Oc1ccc(C(O)P(=O)(O)O)cc1[N+](=O)[O-])c1ccccc1. The van der Waals surface area contributed by atoms with E-state index in [-0.39, 0.29) is 11.1 Å². The summed E-state index contributed by atoms with van der Waals surface area (Å²) in [5, 5.41) is 20.6. The van der Waals surface area contributed by atoms with Gasteiger partial charge in [-0.25, -0.2) is 4.79 Å². The van der Waals surface area contributed by atoms with Gasteiger partial charge in [0.05, 0.1) is 10.5 Å². The molecule has 0 radical (unpaired) electrons. The third kappa shape index (κ3) is 4.03. The van der Waals surface area contributed by atoms with Gasteiger partial charge >= 0.3 is 19.3 Å². The Balaban J connectivity index is 2.36. The zero-order valence-corrected chi connectivity index (χ0v) is 12.9. The van der Waals surface area contributed by atoms with Crippen LogP contribution in [0.15, 0.2) is 48.5 Å². The van der Waals surface area contributed by atoms with Gasteiger partial charge in [-0.2, -0.15) is 0 Å². The van der Waals surface area contributed by atoms with E-state index in [4.69, 9.17) is 14.5 Å². The Morgan fingerprint density at radius 3 is 2.33 bits per heavy atom. The summed E-state index contributed by atoms with van der Waals surface area (Å²) in [5.41, 5.74) is -0.898. The van der Waals surface area contributed by atoms with Crippen molar-refractivity contribution < 1.29 is 33.9 Å². The van der Waals surface area contributed by atoms with Crippen LogP contribution in [0.3, 0.4) is 0 Å². The third-order valence-corrected chi connectivity index (χ3v) is 3.94. The number of nitro benzene ring substituents is 1. The molecule has 2 aromatic carbocycles. The number of nitrogens with zero attached hydrogens (tertiary/aromatic N) is 1. The zero-order chi connectivity index (χ0) is 17.9.